The molecule has 9 heteroatoms. The van der Waals surface area contributed by atoms with E-state index in [9.17, 15) is 18.0 Å². The highest BCUT2D eigenvalue weighted by Gasteiger charge is 2.16. The molecule has 0 radical (unpaired) electrons. The summed E-state index contributed by atoms with van der Waals surface area (Å²) in [7, 11) is -3.78. The molecular weight excluding hydrogens is 449 g/mol. The standard InChI is InChI=1S/C21H17Cl2NO5S/c22-18-8-6-16(12-19(18)23)20(25)13-29-21(26)9-10-24-30(27,28)17-7-5-14-3-1-2-4-15(14)11-17/h1-8,11-12,24H,9-10,13H2. The zero-order valence-corrected chi connectivity index (χ0v) is 17.9. The maximum absolute atomic E-state index is 12.4. The number of hydrogen-bond donors (Lipinski definition) is 1. The molecule has 0 fully saturated rings. The third kappa shape index (κ3) is 5.58. The van der Waals surface area contributed by atoms with Crippen molar-refractivity contribution in [3.8, 4) is 0 Å². The van der Waals surface area contributed by atoms with Gasteiger partial charge < -0.3 is 4.74 Å². The number of sulfonamides is 1. The largest absolute Gasteiger partial charge is 0.457 e. The fourth-order valence-electron chi connectivity index (χ4n) is 2.68. The van der Waals surface area contributed by atoms with E-state index >= 15 is 0 Å². The molecule has 6 nitrogen and oxygen atoms in total. The Labute approximate surface area is 183 Å². The SMILES string of the molecule is O=C(CCNS(=O)(=O)c1ccc2ccccc2c1)OCC(=O)c1ccc(Cl)c(Cl)c1. The van der Waals surface area contributed by atoms with Gasteiger partial charge in [-0.25, -0.2) is 13.1 Å². The normalized spacial score (nSPS) is 11.4. The molecule has 0 spiro atoms. The Balaban J connectivity index is 1.50. The van der Waals surface area contributed by atoms with Gasteiger partial charge in [-0.05, 0) is 41.1 Å². The van der Waals surface area contributed by atoms with E-state index in [-0.39, 0.29) is 28.4 Å². The molecule has 3 rings (SSSR count). The molecule has 3 aromatic rings. The number of ketones is 1. The average Bonchev–Trinajstić information content (AvgIpc) is 2.73. The Hall–Kier alpha value is -2.45. The highest BCUT2D eigenvalue weighted by molar-refractivity contribution is 7.89. The number of halogens is 2. The number of hydrogen-bond acceptors (Lipinski definition) is 5. The topological polar surface area (TPSA) is 89.5 Å². The van der Waals surface area contributed by atoms with Crippen molar-refractivity contribution in [3.63, 3.8) is 0 Å². The number of carbonyl (C=O) groups excluding carboxylic acids is 2. The molecule has 0 aliphatic heterocycles. The van der Waals surface area contributed by atoms with Gasteiger partial charge in [0.2, 0.25) is 10.0 Å². The van der Waals surface area contributed by atoms with Crippen LogP contribution in [0.5, 0.6) is 0 Å². The number of benzene rings is 3. The predicted octanol–water partition coefficient (Wildman–Crippen LogP) is 4.24. The van der Waals surface area contributed by atoms with Gasteiger partial charge in [-0.15, -0.1) is 0 Å². The van der Waals surface area contributed by atoms with Gasteiger partial charge >= 0.3 is 5.97 Å². The first-order valence-electron chi connectivity index (χ1n) is 8.88. The van der Waals surface area contributed by atoms with E-state index in [4.69, 9.17) is 27.9 Å². The number of fused-ring (bicyclic) bond motifs is 1. The second-order valence-corrected chi connectivity index (χ2v) is 8.95. The molecule has 0 unspecified atom stereocenters. The molecule has 156 valence electrons. The van der Waals surface area contributed by atoms with Crippen molar-refractivity contribution < 1.29 is 22.7 Å². The summed E-state index contributed by atoms with van der Waals surface area (Å²) in [6.45, 7) is -0.636. The predicted molar refractivity (Wildman–Crippen MR) is 116 cm³/mol. The summed E-state index contributed by atoms with van der Waals surface area (Å²) in [6, 6.07) is 16.5. The monoisotopic (exact) mass is 465 g/mol. The van der Waals surface area contributed by atoms with Crippen LogP contribution in [-0.4, -0.2) is 33.3 Å². The van der Waals surface area contributed by atoms with Crippen LogP contribution >= 0.6 is 23.2 Å². The van der Waals surface area contributed by atoms with Crippen LogP contribution in [0.2, 0.25) is 10.0 Å². The summed E-state index contributed by atoms with van der Waals surface area (Å²) in [5, 5.41) is 2.24. The minimum atomic E-state index is -3.78. The molecule has 0 heterocycles. The van der Waals surface area contributed by atoms with E-state index in [1.54, 1.807) is 12.1 Å². The van der Waals surface area contributed by atoms with Gasteiger partial charge in [-0.2, -0.15) is 0 Å². The molecule has 0 saturated heterocycles. The van der Waals surface area contributed by atoms with Crippen LogP contribution in [0, 0.1) is 0 Å². The Morgan fingerprint density at radius 1 is 0.900 bits per heavy atom. The van der Waals surface area contributed by atoms with Crippen molar-refractivity contribution in [2.45, 2.75) is 11.3 Å². The Bertz CT molecular complexity index is 1210. The molecule has 30 heavy (non-hydrogen) atoms. The van der Waals surface area contributed by atoms with Gasteiger partial charge in [0.15, 0.2) is 12.4 Å². The van der Waals surface area contributed by atoms with E-state index in [2.05, 4.69) is 4.72 Å². The van der Waals surface area contributed by atoms with Gasteiger partial charge in [0.05, 0.1) is 21.4 Å². The fraction of sp³-hybridized carbons (Fsp3) is 0.143. The van der Waals surface area contributed by atoms with Crippen LogP contribution < -0.4 is 4.72 Å². The number of nitrogens with one attached hydrogen (secondary N) is 1. The first kappa shape index (κ1) is 22.2. The second-order valence-electron chi connectivity index (χ2n) is 6.37. The Kier molecular flexibility index (Phi) is 7.10. The molecule has 0 aromatic heterocycles. The van der Waals surface area contributed by atoms with Gasteiger partial charge in [-0.1, -0.05) is 53.5 Å². The summed E-state index contributed by atoms with van der Waals surface area (Å²) in [6.07, 6.45) is -0.221. The molecule has 0 bridgehead atoms. The van der Waals surface area contributed by atoms with Gasteiger partial charge in [0.25, 0.3) is 0 Å². The molecule has 0 aliphatic carbocycles. The molecule has 0 aliphatic rings. The lowest BCUT2D eigenvalue weighted by atomic mass is 10.1. The lowest BCUT2D eigenvalue weighted by Gasteiger charge is -2.08. The average molecular weight is 466 g/mol. The lowest BCUT2D eigenvalue weighted by Crippen LogP contribution is -2.27. The summed E-state index contributed by atoms with van der Waals surface area (Å²) in [5.74, 6) is -1.15. The zero-order chi connectivity index (χ0) is 21.7. The van der Waals surface area contributed by atoms with Gasteiger partial charge in [0.1, 0.15) is 0 Å². The van der Waals surface area contributed by atoms with Crippen LogP contribution in [0.3, 0.4) is 0 Å². The fourth-order valence-corrected chi connectivity index (χ4v) is 4.04. The molecule has 3 aromatic carbocycles. The van der Waals surface area contributed by atoms with Gasteiger partial charge in [-0.3, -0.25) is 9.59 Å². The highest BCUT2D eigenvalue weighted by Crippen LogP contribution is 2.23. The lowest BCUT2D eigenvalue weighted by molar-refractivity contribution is -0.142. The van der Waals surface area contributed by atoms with E-state index < -0.39 is 28.4 Å². The molecule has 0 amide bonds. The van der Waals surface area contributed by atoms with Crippen molar-refractivity contribution >= 4 is 55.8 Å². The van der Waals surface area contributed by atoms with Crippen molar-refractivity contribution in [2.75, 3.05) is 13.2 Å². The molecule has 1 N–H and O–H groups in total. The zero-order valence-electron chi connectivity index (χ0n) is 15.6. The quantitative estimate of drug-likeness (QED) is 0.396. The van der Waals surface area contributed by atoms with Crippen molar-refractivity contribution in [1.82, 2.24) is 4.72 Å². The number of rotatable bonds is 8. The van der Waals surface area contributed by atoms with Crippen LogP contribution in [0.4, 0.5) is 0 Å². The molecule has 0 saturated carbocycles. The molecule has 0 atom stereocenters. The van der Waals surface area contributed by atoms with Crippen LogP contribution in [0.15, 0.2) is 65.6 Å². The smallest absolute Gasteiger partial charge is 0.307 e. The second kappa shape index (κ2) is 9.57. The van der Waals surface area contributed by atoms with Crippen molar-refractivity contribution in [3.05, 3.63) is 76.3 Å². The van der Waals surface area contributed by atoms with E-state index in [1.165, 1.54) is 24.3 Å². The van der Waals surface area contributed by atoms with Crippen molar-refractivity contribution in [1.29, 1.82) is 0 Å². The maximum atomic E-state index is 12.4. The minimum Gasteiger partial charge on any atom is -0.457 e. The molecular formula is C21H17Cl2NO5S. The third-order valence-corrected chi connectivity index (χ3v) is 6.46. The Morgan fingerprint density at radius 2 is 1.63 bits per heavy atom. The highest BCUT2D eigenvalue weighted by atomic mass is 35.5. The summed E-state index contributed by atoms with van der Waals surface area (Å²) in [4.78, 5) is 24.0. The number of esters is 1. The first-order chi connectivity index (χ1) is 14.3. The number of carbonyl (C=O) groups is 2. The summed E-state index contributed by atoms with van der Waals surface area (Å²) >= 11 is 11.7. The van der Waals surface area contributed by atoms with E-state index in [0.29, 0.717) is 5.02 Å². The summed E-state index contributed by atoms with van der Waals surface area (Å²) in [5.41, 5.74) is 0.259. The van der Waals surface area contributed by atoms with Gasteiger partial charge in [0, 0.05) is 12.1 Å². The number of Topliss-reactive ketones (excluding diaryl/α,β-unsaturated/α-hetero) is 1. The van der Waals surface area contributed by atoms with Crippen LogP contribution in [0.25, 0.3) is 10.8 Å². The minimum absolute atomic E-state index is 0.101. The number of ether oxygens (including phenoxy) is 1. The van der Waals surface area contributed by atoms with Crippen LogP contribution in [-0.2, 0) is 19.6 Å². The third-order valence-electron chi connectivity index (χ3n) is 4.26. The summed E-state index contributed by atoms with van der Waals surface area (Å²) < 4.78 is 32.1. The first-order valence-corrected chi connectivity index (χ1v) is 11.1. The van der Waals surface area contributed by atoms with E-state index in [1.807, 2.05) is 24.3 Å². The van der Waals surface area contributed by atoms with Crippen LogP contribution in [0.1, 0.15) is 16.8 Å². The van der Waals surface area contributed by atoms with E-state index in [0.717, 1.165) is 10.8 Å². The van der Waals surface area contributed by atoms with Crippen molar-refractivity contribution in [2.24, 2.45) is 0 Å². The maximum Gasteiger partial charge on any atom is 0.307 e. The Morgan fingerprint density at radius 3 is 2.37 bits per heavy atom.